The SMILES string of the molecule is CCNC(=O)NC(=O)[C@H](C)Sc1nc2cc(Cl)ccc2c(=O)n1CCOC. The van der Waals surface area contributed by atoms with Crippen LogP contribution in [0.25, 0.3) is 10.9 Å². The lowest BCUT2D eigenvalue weighted by Crippen LogP contribution is -2.42. The Bertz CT molecular complexity index is 902. The molecule has 1 aromatic carbocycles. The monoisotopic (exact) mass is 412 g/mol. The first kappa shape index (κ1) is 21.2. The molecule has 0 unspecified atom stereocenters. The average Bonchev–Trinajstić information content (AvgIpc) is 2.61. The first-order valence-corrected chi connectivity index (χ1v) is 9.57. The standard InChI is InChI=1S/C17H21ClN4O4S/c1-4-19-16(25)21-14(23)10(2)27-17-20-13-9-11(18)5-6-12(13)15(24)22(17)7-8-26-3/h5-6,9-10H,4,7-8H2,1-3H3,(H2,19,21,23,25)/t10-/m0/s1. The number of urea groups is 1. The number of hydrogen-bond acceptors (Lipinski definition) is 6. The molecule has 0 aliphatic carbocycles. The number of nitrogens with one attached hydrogen (secondary N) is 2. The summed E-state index contributed by atoms with van der Waals surface area (Å²) in [5.74, 6) is -0.482. The Balaban J connectivity index is 2.35. The molecule has 0 spiro atoms. The molecule has 0 aliphatic rings. The molecular formula is C17H21ClN4O4S. The van der Waals surface area contributed by atoms with Crippen LogP contribution < -0.4 is 16.2 Å². The Morgan fingerprint density at radius 3 is 2.81 bits per heavy atom. The van der Waals surface area contributed by atoms with Gasteiger partial charge in [-0.3, -0.25) is 19.5 Å². The van der Waals surface area contributed by atoms with E-state index in [9.17, 15) is 14.4 Å². The molecule has 0 fully saturated rings. The van der Waals surface area contributed by atoms with Crippen LogP contribution in [0.5, 0.6) is 0 Å². The predicted octanol–water partition coefficient (Wildman–Crippen LogP) is 2.02. The van der Waals surface area contributed by atoms with E-state index in [1.54, 1.807) is 32.0 Å². The quantitative estimate of drug-likeness (QED) is 0.532. The van der Waals surface area contributed by atoms with Crippen molar-refractivity contribution < 1.29 is 14.3 Å². The van der Waals surface area contributed by atoms with E-state index < -0.39 is 17.2 Å². The fraction of sp³-hybridized carbons (Fsp3) is 0.412. The van der Waals surface area contributed by atoms with Crippen LogP contribution in [0, 0.1) is 0 Å². The normalized spacial score (nSPS) is 12.0. The maximum absolute atomic E-state index is 12.8. The molecule has 0 saturated carbocycles. The molecule has 10 heteroatoms. The second-order valence-corrected chi connectivity index (χ2v) is 7.36. The third-order valence-corrected chi connectivity index (χ3v) is 4.95. The van der Waals surface area contributed by atoms with Crippen LogP contribution in [0.4, 0.5) is 4.79 Å². The van der Waals surface area contributed by atoms with E-state index in [1.807, 2.05) is 0 Å². The Kier molecular flexibility index (Phi) is 7.64. The average molecular weight is 413 g/mol. The molecular weight excluding hydrogens is 392 g/mol. The summed E-state index contributed by atoms with van der Waals surface area (Å²) < 4.78 is 6.53. The van der Waals surface area contributed by atoms with Crippen LogP contribution >= 0.6 is 23.4 Å². The molecule has 0 bridgehead atoms. The number of fused-ring (bicyclic) bond motifs is 1. The van der Waals surface area contributed by atoms with Crippen molar-refractivity contribution in [3.05, 3.63) is 33.6 Å². The Morgan fingerprint density at radius 1 is 1.41 bits per heavy atom. The lowest BCUT2D eigenvalue weighted by molar-refractivity contribution is -0.119. The summed E-state index contributed by atoms with van der Waals surface area (Å²) in [6.45, 7) is 4.39. The van der Waals surface area contributed by atoms with E-state index in [-0.39, 0.29) is 12.1 Å². The third-order valence-electron chi connectivity index (χ3n) is 3.63. The third kappa shape index (κ3) is 5.44. The molecule has 0 aliphatic heterocycles. The lowest BCUT2D eigenvalue weighted by atomic mass is 10.2. The second kappa shape index (κ2) is 9.72. The first-order chi connectivity index (χ1) is 12.9. The van der Waals surface area contributed by atoms with Gasteiger partial charge in [0.15, 0.2) is 5.16 Å². The van der Waals surface area contributed by atoms with Crippen molar-refractivity contribution in [1.29, 1.82) is 0 Å². The van der Waals surface area contributed by atoms with Crippen LogP contribution in [-0.2, 0) is 16.1 Å². The van der Waals surface area contributed by atoms with Gasteiger partial charge in [-0.25, -0.2) is 9.78 Å². The Morgan fingerprint density at radius 2 is 2.15 bits per heavy atom. The van der Waals surface area contributed by atoms with Gasteiger partial charge in [-0.1, -0.05) is 23.4 Å². The number of imide groups is 1. The van der Waals surface area contributed by atoms with Crippen molar-refractivity contribution >= 4 is 46.2 Å². The van der Waals surface area contributed by atoms with Gasteiger partial charge in [-0.15, -0.1) is 0 Å². The number of carbonyl (C=O) groups is 2. The largest absolute Gasteiger partial charge is 0.383 e. The molecule has 2 rings (SSSR count). The summed E-state index contributed by atoms with van der Waals surface area (Å²) in [6, 6.07) is 4.28. The van der Waals surface area contributed by atoms with E-state index in [2.05, 4.69) is 15.6 Å². The van der Waals surface area contributed by atoms with E-state index in [4.69, 9.17) is 16.3 Å². The van der Waals surface area contributed by atoms with Gasteiger partial charge in [0.2, 0.25) is 5.91 Å². The van der Waals surface area contributed by atoms with Crippen LogP contribution in [0.1, 0.15) is 13.8 Å². The molecule has 0 saturated heterocycles. The minimum absolute atomic E-state index is 0.243. The van der Waals surface area contributed by atoms with Crippen molar-refractivity contribution in [3.63, 3.8) is 0 Å². The number of rotatable bonds is 7. The van der Waals surface area contributed by atoms with Gasteiger partial charge < -0.3 is 10.1 Å². The number of aromatic nitrogens is 2. The van der Waals surface area contributed by atoms with Gasteiger partial charge in [-0.05, 0) is 32.0 Å². The van der Waals surface area contributed by atoms with E-state index in [1.165, 1.54) is 11.7 Å². The molecule has 2 aromatic rings. The number of hydrogen-bond donors (Lipinski definition) is 2. The van der Waals surface area contributed by atoms with Crippen LogP contribution in [0.2, 0.25) is 5.02 Å². The fourth-order valence-corrected chi connectivity index (χ4v) is 3.37. The topological polar surface area (TPSA) is 102 Å². The van der Waals surface area contributed by atoms with E-state index in [0.717, 1.165) is 11.8 Å². The smallest absolute Gasteiger partial charge is 0.321 e. The van der Waals surface area contributed by atoms with Gasteiger partial charge in [0.05, 0.1) is 29.3 Å². The van der Waals surface area contributed by atoms with Crippen molar-refractivity contribution in [3.8, 4) is 0 Å². The van der Waals surface area contributed by atoms with Crippen molar-refractivity contribution in [2.24, 2.45) is 0 Å². The Labute approximate surface area is 165 Å². The second-order valence-electron chi connectivity index (χ2n) is 5.61. The first-order valence-electron chi connectivity index (χ1n) is 8.31. The minimum Gasteiger partial charge on any atom is -0.383 e. The zero-order valence-electron chi connectivity index (χ0n) is 15.2. The molecule has 27 heavy (non-hydrogen) atoms. The van der Waals surface area contributed by atoms with Gasteiger partial charge in [0, 0.05) is 18.7 Å². The highest BCUT2D eigenvalue weighted by Crippen LogP contribution is 2.24. The maximum Gasteiger partial charge on any atom is 0.321 e. The number of thioether (sulfide) groups is 1. The van der Waals surface area contributed by atoms with Crippen molar-refractivity contribution in [2.75, 3.05) is 20.3 Å². The number of benzene rings is 1. The summed E-state index contributed by atoms with van der Waals surface area (Å²) in [4.78, 5) is 41.1. The Hall–Kier alpha value is -2.10. The molecule has 1 heterocycles. The number of ether oxygens (including phenoxy) is 1. The molecule has 2 N–H and O–H groups in total. The van der Waals surface area contributed by atoms with E-state index in [0.29, 0.717) is 34.2 Å². The molecule has 1 aromatic heterocycles. The number of carbonyl (C=O) groups excluding carboxylic acids is 2. The zero-order valence-corrected chi connectivity index (χ0v) is 16.8. The van der Waals surface area contributed by atoms with Gasteiger partial charge in [-0.2, -0.15) is 0 Å². The van der Waals surface area contributed by atoms with Crippen molar-refractivity contribution in [2.45, 2.75) is 30.8 Å². The lowest BCUT2D eigenvalue weighted by Gasteiger charge is -2.16. The number of amides is 3. The zero-order chi connectivity index (χ0) is 20.0. The van der Waals surface area contributed by atoms with Gasteiger partial charge in [0.1, 0.15) is 0 Å². The maximum atomic E-state index is 12.8. The summed E-state index contributed by atoms with van der Waals surface area (Å²) in [5, 5.41) is 5.34. The number of methoxy groups -OCH3 is 1. The summed E-state index contributed by atoms with van der Waals surface area (Å²) in [6.07, 6.45) is 0. The van der Waals surface area contributed by atoms with Crippen LogP contribution in [0.3, 0.4) is 0 Å². The van der Waals surface area contributed by atoms with Crippen molar-refractivity contribution in [1.82, 2.24) is 20.2 Å². The molecule has 8 nitrogen and oxygen atoms in total. The predicted molar refractivity (Wildman–Crippen MR) is 105 cm³/mol. The minimum atomic E-state index is -0.648. The highest BCUT2D eigenvalue weighted by molar-refractivity contribution is 8.00. The van der Waals surface area contributed by atoms with Crippen LogP contribution in [-0.4, -0.2) is 47.0 Å². The summed E-state index contributed by atoms with van der Waals surface area (Å²) in [5.41, 5.74) is 0.201. The number of nitrogens with zero attached hydrogens (tertiary/aromatic N) is 2. The van der Waals surface area contributed by atoms with E-state index >= 15 is 0 Å². The molecule has 1 atom stereocenters. The fourth-order valence-electron chi connectivity index (χ4n) is 2.27. The highest BCUT2D eigenvalue weighted by atomic mass is 35.5. The number of halogens is 1. The highest BCUT2D eigenvalue weighted by Gasteiger charge is 2.21. The molecule has 146 valence electrons. The van der Waals surface area contributed by atoms with Gasteiger partial charge in [0.25, 0.3) is 5.56 Å². The van der Waals surface area contributed by atoms with Crippen LogP contribution in [0.15, 0.2) is 28.2 Å². The summed E-state index contributed by atoms with van der Waals surface area (Å²) >= 11 is 7.09. The molecule has 0 radical (unpaired) electrons. The summed E-state index contributed by atoms with van der Waals surface area (Å²) in [7, 11) is 1.54. The van der Waals surface area contributed by atoms with Gasteiger partial charge >= 0.3 is 6.03 Å². The molecule has 3 amide bonds.